The third-order valence-corrected chi connectivity index (χ3v) is 3.52. The van der Waals surface area contributed by atoms with Crippen molar-refractivity contribution in [2.75, 3.05) is 0 Å². The Hall–Kier alpha value is -2.54. The molecule has 1 N–H and O–H groups in total. The normalized spacial score (nSPS) is 15.8. The molecule has 1 aliphatic rings. The lowest BCUT2D eigenvalue weighted by molar-refractivity contribution is 0.142. The largest absolute Gasteiger partial charge is 0.483 e. The summed E-state index contributed by atoms with van der Waals surface area (Å²) in [6.07, 6.45) is 6.36. The van der Waals surface area contributed by atoms with Crippen LogP contribution in [0.25, 0.3) is 6.08 Å². The second kappa shape index (κ2) is 4.53. The summed E-state index contributed by atoms with van der Waals surface area (Å²) >= 11 is 0. The Morgan fingerprint density at radius 3 is 2.95 bits per heavy atom. The van der Waals surface area contributed by atoms with E-state index in [1.165, 1.54) is 0 Å². The SMILES string of the molecule is CC1(C)Oc2ccc(C#N)cc2C=C1Cc1ncc[nH]1. The topological polar surface area (TPSA) is 61.7 Å². The molecule has 0 fully saturated rings. The quantitative estimate of drug-likeness (QED) is 0.907. The van der Waals surface area contributed by atoms with E-state index in [-0.39, 0.29) is 5.60 Å². The van der Waals surface area contributed by atoms with Gasteiger partial charge < -0.3 is 9.72 Å². The summed E-state index contributed by atoms with van der Waals surface area (Å²) in [4.78, 5) is 7.37. The van der Waals surface area contributed by atoms with Crippen LogP contribution in [0.5, 0.6) is 5.75 Å². The van der Waals surface area contributed by atoms with Gasteiger partial charge in [0.1, 0.15) is 17.2 Å². The van der Waals surface area contributed by atoms with Gasteiger partial charge in [-0.25, -0.2) is 4.98 Å². The number of imidazole rings is 1. The van der Waals surface area contributed by atoms with Crippen molar-refractivity contribution >= 4 is 6.08 Å². The standard InChI is InChI=1S/C16H15N3O/c1-16(2)13(9-15-18-5-6-19-15)8-12-7-11(10-17)3-4-14(12)20-16/h3-8H,9H2,1-2H3,(H,18,19). The first-order chi connectivity index (χ1) is 9.58. The summed E-state index contributed by atoms with van der Waals surface area (Å²) in [5.41, 5.74) is 2.34. The van der Waals surface area contributed by atoms with Gasteiger partial charge in [0.25, 0.3) is 0 Å². The highest BCUT2D eigenvalue weighted by atomic mass is 16.5. The van der Waals surface area contributed by atoms with Gasteiger partial charge in [0.05, 0.1) is 11.6 Å². The van der Waals surface area contributed by atoms with Crippen LogP contribution in [-0.2, 0) is 6.42 Å². The Bertz CT molecular complexity index is 706. The first-order valence-corrected chi connectivity index (χ1v) is 6.51. The highest BCUT2D eigenvalue weighted by Gasteiger charge is 2.30. The molecular weight excluding hydrogens is 250 g/mol. The first-order valence-electron chi connectivity index (χ1n) is 6.51. The number of hydrogen-bond donors (Lipinski definition) is 1. The molecule has 0 spiro atoms. The van der Waals surface area contributed by atoms with Crippen LogP contribution in [0.2, 0.25) is 0 Å². The summed E-state index contributed by atoms with van der Waals surface area (Å²) < 4.78 is 6.06. The number of hydrogen-bond acceptors (Lipinski definition) is 3. The summed E-state index contributed by atoms with van der Waals surface area (Å²) in [5, 5.41) is 8.99. The molecule has 1 aromatic heterocycles. The average molecular weight is 265 g/mol. The van der Waals surface area contributed by atoms with Gasteiger partial charge in [-0.1, -0.05) is 0 Å². The van der Waals surface area contributed by atoms with Crippen molar-refractivity contribution in [2.45, 2.75) is 25.9 Å². The van der Waals surface area contributed by atoms with Crippen molar-refractivity contribution in [3.8, 4) is 11.8 Å². The van der Waals surface area contributed by atoms with Crippen LogP contribution in [0.4, 0.5) is 0 Å². The van der Waals surface area contributed by atoms with E-state index in [1.807, 2.05) is 32.2 Å². The molecule has 4 heteroatoms. The van der Waals surface area contributed by atoms with E-state index in [0.29, 0.717) is 12.0 Å². The van der Waals surface area contributed by atoms with Gasteiger partial charge in [0.2, 0.25) is 0 Å². The molecule has 0 bridgehead atoms. The third kappa shape index (κ3) is 2.19. The van der Waals surface area contributed by atoms with E-state index in [0.717, 1.165) is 22.7 Å². The fourth-order valence-electron chi connectivity index (χ4n) is 2.36. The van der Waals surface area contributed by atoms with Crippen molar-refractivity contribution in [3.63, 3.8) is 0 Å². The summed E-state index contributed by atoms with van der Waals surface area (Å²) in [5.74, 6) is 1.73. The minimum Gasteiger partial charge on any atom is -0.483 e. The molecule has 1 aliphatic heterocycles. The van der Waals surface area contributed by atoms with Gasteiger partial charge in [0, 0.05) is 24.4 Å². The molecule has 0 amide bonds. The molecule has 2 aromatic rings. The maximum atomic E-state index is 8.99. The van der Waals surface area contributed by atoms with Crippen molar-refractivity contribution in [3.05, 3.63) is 53.1 Å². The maximum absolute atomic E-state index is 8.99. The zero-order chi connectivity index (χ0) is 14.2. The minimum atomic E-state index is -0.381. The molecule has 4 nitrogen and oxygen atoms in total. The Morgan fingerprint density at radius 2 is 2.25 bits per heavy atom. The van der Waals surface area contributed by atoms with E-state index in [1.54, 1.807) is 12.3 Å². The second-order valence-electron chi connectivity index (χ2n) is 5.36. The molecule has 0 unspecified atom stereocenters. The van der Waals surface area contributed by atoms with Gasteiger partial charge >= 0.3 is 0 Å². The number of ether oxygens (including phenoxy) is 1. The molecule has 20 heavy (non-hydrogen) atoms. The number of aromatic amines is 1. The van der Waals surface area contributed by atoms with Crippen molar-refractivity contribution < 1.29 is 4.74 Å². The molecule has 0 atom stereocenters. The fourth-order valence-corrected chi connectivity index (χ4v) is 2.36. The molecule has 0 saturated heterocycles. The highest BCUT2D eigenvalue weighted by Crippen LogP contribution is 2.36. The zero-order valence-corrected chi connectivity index (χ0v) is 11.5. The number of nitrogens with zero attached hydrogens (tertiary/aromatic N) is 2. The number of nitriles is 1. The lowest BCUT2D eigenvalue weighted by Gasteiger charge is -2.34. The number of benzene rings is 1. The minimum absolute atomic E-state index is 0.381. The fraction of sp³-hybridized carbons (Fsp3) is 0.250. The molecule has 0 saturated carbocycles. The predicted octanol–water partition coefficient (Wildman–Crippen LogP) is 3.08. The molecule has 0 aliphatic carbocycles. The second-order valence-corrected chi connectivity index (χ2v) is 5.36. The molecule has 0 radical (unpaired) electrons. The Morgan fingerprint density at radius 1 is 1.40 bits per heavy atom. The van der Waals surface area contributed by atoms with Crippen LogP contribution in [0.3, 0.4) is 0 Å². The highest BCUT2D eigenvalue weighted by molar-refractivity contribution is 5.66. The summed E-state index contributed by atoms with van der Waals surface area (Å²) in [6.45, 7) is 4.09. The van der Waals surface area contributed by atoms with Crippen LogP contribution in [0, 0.1) is 11.3 Å². The van der Waals surface area contributed by atoms with Crippen LogP contribution in [0.1, 0.15) is 30.8 Å². The van der Waals surface area contributed by atoms with Crippen LogP contribution >= 0.6 is 0 Å². The molecule has 100 valence electrons. The number of aromatic nitrogens is 2. The lowest BCUT2D eigenvalue weighted by atomic mass is 9.89. The molecule has 1 aromatic carbocycles. The third-order valence-electron chi connectivity index (χ3n) is 3.52. The predicted molar refractivity (Wildman–Crippen MR) is 76.1 cm³/mol. The Labute approximate surface area is 117 Å². The molecule has 2 heterocycles. The van der Waals surface area contributed by atoms with Crippen LogP contribution < -0.4 is 4.74 Å². The number of fused-ring (bicyclic) bond motifs is 1. The van der Waals surface area contributed by atoms with Gasteiger partial charge in [-0.05, 0) is 43.7 Å². The molecule has 3 rings (SSSR count). The van der Waals surface area contributed by atoms with E-state index in [9.17, 15) is 0 Å². The summed E-state index contributed by atoms with van der Waals surface area (Å²) in [7, 11) is 0. The summed E-state index contributed by atoms with van der Waals surface area (Å²) in [6, 6.07) is 7.64. The van der Waals surface area contributed by atoms with E-state index >= 15 is 0 Å². The van der Waals surface area contributed by atoms with Crippen molar-refractivity contribution in [1.82, 2.24) is 9.97 Å². The smallest absolute Gasteiger partial charge is 0.127 e. The van der Waals surface area contributed by atoms with E-state index in [2.05, 4.69) is 22.1 Å². The average Bonchev–Trinajstić information content (AvgIpc) is 2.91. The van der Waals surface area contributed by atoms with E-state index < -0.39 is 0 Å². The van der Waals surface area contributed by atoms with Gasteiger partial charge in [-0.3, -0.25) is 0 Å². The first kappa shape index (κ1) is 12.5. The monoisotopic (exact) mass is 265 g/mol. The van der Waals surface area contributed by atoms with E-state index in [4.69, 9.17) is 10.00 Å². The molecular formula is C16H15N3O. The van der Waals surface area contributed by atoms with Gasteiger partial charge in [-0.2, -0.15) is 5.26 Å². The number of H-pyrrole nitrogens is 1. The van der Waals surface area contributed by atoms with Crippen LogP contribution in [-0.4, -0.2) is 15.6 Å². The Balaban J connectivity index is 2.02. The van der Waals surface area contributed by atoms with Crippen LogP contribution in [0.15, 0.2) is 36.2 Å². The van der Waals surface area contributed by atoms with Crippen molar-refractivity contribution in [2.24, 2.45) is 0 Å². The number of nitrogens with one attached hydrogen (secondary N) is 1. The lowest BCUT2D eigenvalue weighted by Crippen LogP contribution is -2.34. The number of rotatable bonds is 2. The zero-order valence-electron chi connectivity index (χ0n) is 11.5. The Kier molecular flexibility index (Phi) is 2.83. The van der Waals surface area contributed by atoms with Gasteiger partial charge in [0.15, 0.2) is 0 Å². The van der Waals surface area contributed by atoms with Gasteiger partial charge in [-0.15, -0.1) is 0 Å². The van der Waals surface area contributed by atoms with Crippen molar-refractivity contribution in [1.29, 1.82) is 5.26 Å². The maximum Gasteiger partial charge on any atom is 0.127 e.